The Balaban J connectivity index is 2.76. The third-order valence-electron chi connectivity index (χ3n) is 3.95. The van der Waals surface area contributed by atoms with E-state index in [-0.39, 0.29) is 17.9 Å². The molecule has 1 saturated carbocycles. The third kappa shape index (κ3) is 2.73. The van der Waals surface area contributed by atoms with Gasteiger partial charge in [0.15, 0.2) is 0 Å². The van der Waals surface area contributed by atoms with Crippen molar-refractivity contribution < 1.29 is 9.90 Å². The number of ketones is 1. The van der Waals surface area contributed by atoms with Crippen LogP contribution in [0.4, 0.5) is 0 Å². The molecule has 0 spiro atoms. The second kappa shape index (κ2) is 5.62. The van der Waals surface area contributed by atoms with Gasteiger partial charge in [-0.3, -0.25) is 4.79 Å². The normalized spacial score (nSPS) is 32.5. The van der Waals surface area contributed by atoms with Gasteiger partial charge >= 0.3 is 0 Å². The predicted octanol–water partition coefficient (Wildman–Crippen LogP) is 2.95. The average Bonchev–Trinajstić information content (AvgIpc) is 2.27. The molecule has 0 aromatic carbocycles. The number of hydrogen-bond acceptors (Lipinski definition) is 2. The number of Topliss-reactive ketones (excluding diaryl/α,β-unsaturated/α-hetero) is 1. The average molecular weight is 224 g/mol. The molecule has 1 N–H and O–H groups in total. The standard InChI is InChI=1S/C14H24O2/c1-5-13(15)11-8-12(14(16)6-2)10(4)7-9(11)3/h10-13,15H,3,5-8H2,1-2,4H3/t10-,11-,12-,13-/m1/s1. The highest BCUT2D eigenvalue weighted by atomic mass is 16.3. The molecule has 2 heteroatoms. The van der Waals surface area contributed by atoms with E-state index in [1.807, 2.05) is 13.8 Å². The van der Waals surface area contributed by atoms with Crippen LogP contribution in [0.15, 0.2) is 12.2 Å². The summed E-state index contributed by atoms with van der Waals surface area (Å²) in [6, 6.07) is 0. The minimum atomic E-state index is -0.327. The van der Waals surface area contributed by atoms with Crippen molar-refractivity contribution in [3.05, 3.63) is 12.2 Å². The lowest BCUT2D eigenvalue weighted by Crippen LogP contribution is -2.35. The van der Waals surface area contributed by atoms with Crippen molar-refractivity contribution in [3.63, 3.8) is 0 Å². The molecule has 1 aliphatic rings. The number of rotatable bonds is 4. The number of carbonyl (C=O) groups excluding carboxylic acids is 1. The number of aliphatic hydroxyl groups is 1. The molecule has 2 nitrogen and oxygen atoms in total. The van der Waals surface area contributed by atoms with E-state index in [4.69, 9.17) is 0 Å². The van der Waals surface area contributed by atoms with Crippen LogP contribution in [-0.4, -0.2) is 17.0 Å². The first kappa shape index (κ1) is 13.4. The van der Waals surface area contributed by atoms with Crippen LogP contribution >= 0.6 is 0 Å². The van der Waals surface area contributed by atoms with E-state index >= 15 is 0 Å². The fourth-order valence-corrected chi connectivity index (χ4v) is 2.80. The van der Waals surface area contributed by atoms with Gasteiger partial charge in [0.25, 0.3) is 0 Å². The van der Waals surface area contributed by atoms with Crippen molar-refractivity contribution in [1.82, 2.24) is 0 Å². The van der Waals surface area contributed by atoms with Crippen molar-refractivity contribution in [1.29, 1.82) is 0 Å². The fourth-order valence-electron chi connectivity index (χ4n) is 2.80. The van der Waals surface area contributed by atoms with E-state index in [0.717, 1.165) is 24.8 Å². The number of aliphatic hydroxyl groups excluding tert-OH is 1. The molecule has 0 heterocycles. The number of carbonyl (C=O) groups is 1. The van der Waals surface area contributed by atoms with Crippen molar-refractivity contribution in [3.8, 4) is 0 Å². The van der Waals surface area contributed by atoms with Gasteiger partial charge in [-0.25, -0.2) is 0 Å². The van der Waals surface area contributed by atoms with E-state index in [2.05, 4.69) is 13.5 Å². The molecule has 0 saturated heterocycles. The second-order valence-corrected chi connectivity index (χ2v) is 5.08. The highest BCUT2D eigenvalue weighted by molar-refractivity contribution is 5.81. The Bertz CT molecular complexity index is 270. The smallest absolute Gasteiger partial charge is 0.136 e. The topological polar surface area (TPSA) is 37.3 Å². The highest BCUT2D eigenvalue weighted by Gasteiger charge is 2.36. The molecule has 1 rings (SSSR count). The molecule has 0 radical (unpaired) electrons. The first-order valence-electron chi connectivity index (χ1n) is 6.39. The zero-order chi connectivity index (χ0) is 12.3. The van der Waals surface area contributed by atoms with Crippen molar-refractivity contribution in [2.75, 3.05) is 0 Å². The van der Waals surface area contributed by atoms with Gasteiger partial charge in [0.05, 0.1) is 6.10 Å². The maximum absolute atomic E-state index is 11.8. The first-order chi connectivity index (χ1) is 7.51. The first-order valence-corrected chi connectivity index (χ1v) is 6.39. The summed E-state index contributed by atoms with van der Waals surface area (Å²) in [7, 11) is 0. The van der Waals surface area contributed by atoms with Crippen LogP contribution in [0.25, 0.3) is 0 Å². The van der Waals surface area contributed by atoms with Gasteiger partial charge in [-0.05, 0) is 25.2 Å². The van der Waals surface area contributed by atoms with Crippen LogP contribution in [0.5, 0.6) is 0 Å². The van der Waals surface area contributed by atoms with Crippen LogP contribution in [0.3, 0.4) is 0 Å². The zero-order valence-electron chi connectivity index (χ0n) is 10.7. The van der Waals surface area contributed by atoms with Gasteiger partial charge < -0.3 is 5.11 Å². The molecule has 0 aromatic heterocycles. The van der Waals surface area contributed by atoms with Crippen molar-refractivity contribution in [2.45, 2.75) is 52.6 Å². The quantitative estimate of drug-likeness (QED) is 0.745. The maximum atomic E-state index is 11.8. The fraction of sp³-hybridized carbons (Fsp3) is 0.786. The lowest BCUT2D eigenvalue weighted by atomic mass is 9.68. The van der Waals surface area contributed by atoms with Crippen molar-refractivity contribution in [2.24, 2.45) is 17.8 Å². The Labute approximate surface area is 98.7 Å². The van der Waals surface area contributed by atoms with Crippen LogP contribution in [-0.2, 0) is 4.79 Å². The van der Waals surface area contributed by atoms with Gasteiger partial charge in [0, 0.05) is 18.3 Å². The maximum Gasteiger partial charge on any atom is 0.136 e. The van der Waals surface area contributed by atoms with Crippen LogP contribution in [0.2, 0.25) is 0 Å². The molecule has 92 valence electrons. The Morgan fingerprint density at radius 2 is 2.19 bits per heavy atom. The van der Waals surface area contributed by atoms with Crippen LogP contribution in [0.1, 0.15) is 46.5 Å². The summed E-state index contributed by atoms with van der Waals surface area (Å²) < 4.78 is 0. The van der Waals surface area contributed by atoms with Crippen molar-refractivity contribution >= 4 is 5.78 Å². The summed E-state index contributed by atoms with van der Waals surface area (Å²) in [5, 5.41) is 9.94. The van der Waals surface area contributed by atoms with E-state index in [1.165, 1.54) is 0 Å². The number of hydrogen-bond donors (Lipinski definition) is 1. The van der Waals surface area contributed by atoms with Gasteiger partial charge in [-0.2, -0.15) is 0 Å². The largest absolute Gasteiger partial charge is 0.393 e. The summed E-state index contributed by atoms with van der Waals surface area (Å²) in [6.45, 7) is 10.1. The van der Waals surface area contributed by atoms with Crippen LogP contribution < -0.4 is 0 Å². The minimum absolute atomic E-state index is 0.127. The summed E-state index contributed by atoms with van der Waals surface area (Å²) >= 11 is 0. The molecule has 0 unspecified atom stereocenters. The lowest BCUT2D eigenvalue weighted by molar-refractivity contribution is -0.125. The summed E-state index contributed by atoms with van der Waals surface area (Å²) in [6.07, 6.45) is 2.70. The molecule has 0 aliphatic heterocycles. The van der Waals surface area contributed by atoms with Gasteiger partial charge in [0.1, 0.15) is 5.78 Å². The van der Waals surface area contributed by atoms with E-state index in [1.54, 1.807) is 0 Å². The van der Waals surface area contributed by atoms with Gasteiger partial charge in [-0.1, -0.05) is 32.9 Å². The van der Waals surface area contributed by atoms with E-state index < -0.39 is 0 Å². The SMILES string of the molecule is C=C1C[C@@H](C)[C@H](C(=O)CC)C[C@H]1[C@H](O)CC. The van der Waals surface area contributed by atoms with Gasteiger partial charge in [-0.15, -0.1) is 0 Å². The monoisotopic (exact) mass is 224 g/mol. The summed E-state index contributed by atoms with van der Waals surface area (Å²) in [5.74, 6) is 0.983. The molecule has 4 atom stereocenters. The molecule has 0 aromatic rings. The molecular weight excluding hydrogens is 200 g/mol. The molecule has 16 heavy (non-hydrogen) atoms. The van der Waals surface area contributed by atoms with E-state index in [9.17, 15) is 9.90 Å². The Morgan fingerprint density at radius 3 is 2.69 bits per heavy atom. The van der Waals surface area contributed by atoms with Gasteiger partial charge in [0.2, 0.25) is 0 Å². The summed E-state index contributed by atoms with van der Waals surface area (Å²) in [5.41, 5.74) is 1.13. The second-order valence-electron chi connectivity index (χ2n) is 5.08. The zero-order valence-corrected chi connectivity index (χ0v) is 10.7. The Morgan fingerprint density at radius 1 is 1.56 bits per heavy atom. The van der Waals surface area contributed by atoms with Crippen LogP contribution in [0, 0.1) is 17.8 Å². The minimum Gasteiger partial charge on any atom is -0.393 e. The Hall–Kier alpha value is -0.630. The molecular formula is C14H24O2. The highest BCUT2D eigenvalue weighted by Crippen LogP contribution is 2.39. The molecule has 1 aliphatic carbocycles. The molecule has 0 bridgehead atoms. The predicted molar refractivity (Wildman–Crippen MR) is 66.1 cm³/mol. The molecule has 0 amide bonds. The van der Waals surface area contributed by atoms with E-state index in [0.29, 0.717) is 18.1 Å². The summed E-state index contributed by atoms with van der Waals surface area (Å²) in [4.78, 5) is 11.8. The molecule has 1 fully saturated rings. The third-order valence-corrected chi connectivity index (χ3v) is 3.95. The Kier molecular flexibility index (Phi) is 4.72. The lowest BCUT2D eigenvalue weighted by Gasteiger charge is -2.37.